The van der Waals surface area contributed by atoms with Gasteiger partial charge < -0.3 is 20.4 Å². The lowest BCUT2D eigenvalue weighted by atomic mass is 10.2. The molecular formula is C18H30N6O. The molecule has 0 saturated carbocycles. The van der Waals surface area contributed by atoms with Gasteiger partial charge in [-0.05, 0) is 31.0 Å². The second kappa shape index (κ2) is 9.25. The fourth-order valence-corrected chi connectivity index (χ4v) is 2.82. The molecule has 1 aromatic heterocycles. The van der Waals surface area contributed by atoms with Crippen LogP contribution in [0.4, 0.5) is 5.82 Å². The summed E-state index contributed by atoms with van der Waals surface area (Å²) in [6.45, 7) is 6.91. The van der Waals surface area contributed by atoms with Crippen molar-refractivity contribution in [2.75, 3.05) is 38.6 Å². The van der Waals surface area contributed by atoms with Crippen molar-refractivity contribution in [2.24, 2.45) is 4.99 Å². The summed E-state index contributed by atoms with van der Waals surface area (Å²) in [5, 5.41) is 6.74. The van der Waals surface area contributed by atoms with E-state index >= 15 is 0 Å². The van der Waals surface area contributed by atoms with Crippen molar-refractivity contribution >= 4 is 17.7 Å². The highest BCUT2D eigenvalue weighted by molar-refractivity contribution is 5.80. The number of likely N-dealkylation sites (tertiary alicyclic amines) is 1. The number of aliphatic imine (C=N–C) groups is 1. The molecule has 1 aliphatic heterocycles. The fourth-order valence-electron chi connectivity index (χ4n) is 2.82. The number of aromatic nitrogens is 1. The van der Waals surface area contributed by atoms with E-state index in [2.05, 4.69) is 27.5 Å². The molecule has 1 aliphatic rings. The lowest BCUT2D eigenvalue weighted by Crippen LogP contribution is -2.45. The van der Waals surface area contributed by atoms with E-state index in [9.17, 15) is 4.79 Å². The molecule has 2 heterocycles. The number of anilines is 1. The summed E-state index contributed by atoms with van der Waals surface area (Å²) < 4.78 is 0. The first-order valence-electron chi connectivity index (χ1n) is 8.98. The molecule has 25 heavy (non-hydrogen) atoms. The summed E-state index contributed by atoms with van der Waals surface area (Å²) in [4.78, 5) is 24.7. The van der Waals surface area contributed by atoms with Gasteiger partial charge in [-0.2, -0.15) is 0 Å². The van der Waals surface area contributed by atoms with Gasteiger partial charge >= 0.3 is 0 Å². The summed E-state index contributed by atoms with van der Waals surface area (Å²) in [6.07, 6.45) is 3.33. The zero-order chi connectivity index (χ0) is 18.2. The number of nitrogens with zero attached hydrogens (tertiary/aromatic N) is 4. The molecule has 0 aromatic carbocycles. The lowest BCUT2D eigenvalue weighted by Gasteiger charge is -2.18. The Kier molecular flexibility index (Phi) is 7.03. The number of rotatable bonds is 6. The molecule has 1 amide bonds. The number of hydrogen-bond acceptors (Lipinski definition) is 4. The molecule has 0 aliphatic carbocycles. The van der Waals surface area contributed by atoms with Crippen LogP contribution in [0.15, 0.2) is 23.3 Å². The van der Waals surface area contributed by atoms with Crippen LogP contribution in [0.25, 0.3) is 0 Å². The Balaban J connectivity index is 1.97. The quantitative estimate of drug-likeness (QED) is 0.598. The molecule has 7 heteroatoms. The molecule has 0 spiro atoms. The van der Waals surface area contributed by atoms with Crippen molar-refractivity contribution in [3.8, 4) is 0 Å². The van der Waals surface area contributed by atoms with Crippen molar-refractivity contribution in [1.29, 1.82) is 0 Å². The number of hydrogen-bond donors (Lipinski definition) is 2. The van der Waals surface area contributed by atoms with E-state index in [-0.39, 0.29) is 11.9 Å². The molecule has 1 fully saturated rings. The Morgan fingerprint density at radius 1 is 1.44 bits per heavy atom. The number of guanidine groups is 1. The van der Waals surface area contributed by atoms with E-state index < -0.39 is 0 Å². The topological polar surface area (TPSA) is 72.9 Å². The summed E-state index contributed by atoms with van der Waals surface area (Å²) in [7, 11) is 3.95. The Morgan fingerprint density at radius 3 is 2.92 bits per heavy atom. The van der Waals surface area contributed by atoms with Crippen LogP contribution in [0.5, 0.6) is 0 Å². The van der Waals surface area contributed by atoms with E-state index in [1.165, 1.54) is 0 Å². The van der Waals surface area contributed by atoms with Gasteiger partial charge in [0.1, 0.15) is 5.82 Å². The molecule has 2 N–H and O–H groups in total. The largest absolute Gasteiger partial charge is 0.363 e. The van der Waals surface area contributed by atoms with Gasteiger partial charge in [0.05, 0.1) is 6.54 Å². The molecule has 2 rings (SSSR count). The normalized spacial score (nSPS) is 17.5. The van der Waals surface area contributed by atoms with E-state index in [0.717, 1.165) is 43.4 Å². The van der Waals surface area contributed by atoms with Gasteiger partial charge in [0.2, 0.25) is 5.91 Å². The SMILES string of the molecule is CCNC(=NCc1ccnc(N(C)C)c1)NC1CCN(C(=O)CC)C1. The van der Waals surface area contributed by atoms with Crippen molar-refractivity contribution < 1.29 is 4.79 Å². The average molecular weight is 346 g/mol. The Morgan fingerprint density at radius 2 is 2.24 bits per heavy atom. The van der Waals surface area contributed by atoms with Gasteiger partial charge in [0, 0.05) is 52.4 Å². The number of nitrogens with one attached hydrogen (secondary N) is 2. The first kappa shape index (κ1) is 19.0. The minimum absolute atomic E-state index is 0.222. The molecule has 1 unspecified atom stereocenters. The van der Waals surface area contributed by atoms with Gasteiger partial charge in [0.15, 0.2) is 5.96 Å². The van der Waals surface area contributed by atoms with E-state index in [4.69, 9.17) is 0 Å². The second-order valence-corrected chi connectivity index (χ2v) is 6.44. The Bertz CT molecular complexity index is 601. The molecule has 1 saturated heterocycles. The highest BCUT2D eigenvalue weighted by atomic mass is 16.2. The van der Waals surface area contributed by atoms with Gasteiger partial charge in [0.25, 0.3) is 0 Å². The summed E-state index contributed by atoms with van der Waals surface area (Å²) in [5.74, 6) is 1.94. The van der Waals surface area contributed by atoms with Crippen molar-refractivity contribution in [3.05, 3.63) is 23.9 Å². The first-order valence-corrected chi connectivity index (χ1v) is 8.98. The summed E-state index contributed by atoms with van der Waals surface area (Å²) in [6, 6.07) is 4.28. The Labute approximate surface area is 150 Å². The van der Waals surface area contributed by atoms with Gasteiger partial charge in [-0.1, -0.05) is 6.92 Å². The minimum Gasteiger partial charge on any atom is -0.363 e. The van der Waals surface area contributed by atoms with E-state index in [0.29, 0.717) is 13.0 Å². The van der Waals surface area contributed by atoms with Crippen LogP contribution >= 0.6 is 0 Å². The van der Waals surface area contributed by atoms with Crippen LogP contribution in [0.2, 0.25) is 0 Å². The van der Waals surface area contributed by atoms with Crippen LogP contribution < -0.4 is 15.5 Å². The zero-order valence-corrected chi connectivity index (χ0v) is 15.7. The van der Waals surface area contributed by atoms with Crippen LogP contribution in [0, 0.1) is 0 Å². The lowest BCUT2D eigenvalue weighted by molar-refractivity contribution is -0.129. The van der Waals surface area contributed by atoms with Crippen molar-refractivity contribution in [2.45, 2.75) is 39.3 Å². The average Bonchev–Trinajstić information content (AvgIpc) is 3.08. The molecule has 7 nitrogen and oxygen atoms in total. The monoisotopic (exact) mass is 346 g/mol. The molecule has 0 bridgehead atoms. The first-order chi connectivity index (χ1) is 12.0. The molecule has 1 aromatic rings. The summed E-state index contributed by atoms with van der Waals surface area (Å²) in [5.41, 5.74) is 1.12. The fraction of sp³-hybridized carbons (Fsp3) is 0.611. The van der Waals surface area contributed by atoms with Gasteiger partial charge in [-0.25, -0.2) is 9.98 Å². The smallest absolute Gasteiger partial charge is 0.222 e. The molecular weight excluding hydrogens is 316 g/mol. The van der Waals surface area contributed by atoms with E-state index in [1.807, 2.05) is 49.1 Å². The van der Waals surface area contributed by atoms with Crippen molar-refractivity contribution in [1.82, 2.24) is 20.5 Å². The van der Waals surface area contributed by atoms with Crippen LogP contribution in [0.3, 0.4) is 0 Å². The van der Waals surface area contributed by atoms with Crippen molar-refractivity contribution in [3.63, 3.8) is 0 Å². The third kappa shape index (κ3) is 5.62. The maximum Gasteiger partial charge on any atom is 0.222 e. The van der Waals surface area contributed by atoms with Gasteiger partial charge in [-0.15, -0.1) is 0 Å². The highest BCUT2D eigenvalue weighted by Gasteiger charge is 2.25. The zero-order valence-electron chi connectivity index (χ0n) is 15.7. The predicted molar refractivity (Wildman–Crippen MR) is 102 cm³/mol. The number of amides is 1. The third-order valence-electron chi connectivity index (χ3n) is 4.22. The summed E-state index contributed by atoms with van der Waals surface area (Å²) >= 11 is 0. The maximum absolute atomic E-state index is 11.8. The second-order valence-electron chi connectivity index (χ2n) is 6.44. The number of carbonyl (C=O) groups is 1. The maximum atomic E-state index is 11.8. The molecule has 1 atom stereocenters. The minimum atomic E-state index is 0.222. The molecule has 0 radical (unpaired) electrons. The van der Waals surface area contributed by atoms with E-state index in [1.54, 1.807) is 0 Å². The number of carbonyl (C=O) groups excluding carboxylic acids is 1. The van der Waals surface area contributed by atoms with Crippen LogP contribution in [-0.2, 0) is 11.3 Å². The van der Waals surface area contributed by atoms with Crippen LogP contribution in [-0.4, -0.2) is 61.5 Å². The predicted octanol–water partition coefficient (Wildman–Crippen LogP) is 1.21. The molecule has 138 valence electrons. The standard InChI is InChI=1S/C18H30N6O/c1-5-17(25)24-10-8-15(13-24)22-18(19-6-2)21-12-14-7-9-20-16(11-14)23(3)4/h7,9,11,15H,5-6,8,10,12-13H2,1-4H3,(H2,19,21,22). The number of pyridine rings is 1. The Hall–Kier alpha value is -2.31. The highest BCUT2D eigenvalue weighted by Crippen LogP contribution is 2.12. The third-order valence-corrected chi connectivity index (χ3v) is 4.22. The van der Waals surface area contributed by atoms with Gasteiger partial charge in [-0.3, -0.25) is 4.79 Å². The van der Waals surface area contributed by atoms with Crippen LogP contribution in [0.1, 0.15) is 32.3 Å².